The van der Waals surface area contributed by atoms with Crippen molar-refractivity contribution in [1.29, 1.82) is 5.26 Å². The molecule has 2 rings (SSSR count). The van der Waals surface area contributed by atoms with Gasteiger partial charge in [0.1, 0.15) is 11.0 Å². The molecule has 0 aliphatic carbocycles. The number of nitriles is 1. The summed E-state index contributed by atoms with van der Waals surface area (Å²) in [4.78, 5) is 0.0939. The molecule has 0 aliphatic rings. The van der Waals surface area contributed by atoms with Crippen molar-refractivity contribution < 1.29 is 8.42 Å². The third kappa shape index (κ3) is 3.27. The van der Waals surface area contributed by atoms with Crippen LogP contribution in [0.25, 0.3) is 0 Å². The molecule has 0 aromatic heterocycles. The van der Waals surface area contributed by atoms with Gasteiger partial charge in [0.2, 0.25) is 0 Å². The molecule has 0 radical (unpaired) electrons. The molecule has 5 nitrogen and oxygen atoms in total. The van der Waals surface area contributed by atoms with Crippen LogP contribution >= 0.6 is 11.6 Å². The van der Waals surface area contributed by atoms with Crippen LogP contribution in [0.15, 0.2) is 47.4 Å². The fourth-order valence-corrected chi connectivity index (χ4v) is 3.26. The first-order valence-corrected chi connectivity index (χ1v) is 7.83. The lowest BCUT2D eigenvalue weighted by molar-refractivity contribution is 0.601. The third-order valence-electron chi connectivity index (χ3n) is 2.79. The summed E-state index contributed by atoms with van der Waals surface area (Å²) < 4.78 is 27.3. The Bertz CT molecular complexity index is 813. The van der Waals surface area contributed by atoms with Crippen LogP contribution in [0.4, 0.5) is 11.4 Å². The van der Waals surface area contributed by atoms with Gasteiger partial charge >= 0.3 is 0 Å². The quantitative estimate of drug-likeness (QED) is 0.906. The average Bonchev–Trinajstić information content (AvgIpc) is 2.47. The zero-order chi connectivity index (χ0) is 15.5. The summed E-state index contributed by atoms with van der Waals surface area (Å²) in [7, 11) is -2.19. The molecule has 0 atom stereocenters. The second-order valence-electron chi connectivity index (χ2n) is 4.15. The molecular formula is C14H12ClN3O2S. The van der Waals surface area contributed by atoms with E-state index in [1.807, 2.05) is 6.07 Å². The zero-order valence-electron chi connectivity index (χ0n) is 11.1. The van der Waals surface area contributed by atoms with Crippen LogP contribution in [0.3, 0.4) is 0 Å². The number of rotatable bonds is 4. The van der Waals surface area contributed by atoms with Crippen molar-refractivity contribution in [2.24, 2.45) is 0 Å². The summed E-state index contributed by atoms with van der Waals surface area (Å²) in [6.45, 7) is 0. The lowest BCUT2D eigenvalue weighted by Gasteiger charge is -2.13. The van der Waals surface area contributed by atoms with Crippen LogP contribution in [0, 0.1) is 11.3 Å². The Hall–Kier alpha value is -2.23. The second-order valence-corrected chi connectivity index (χ2v) is 6.24. The van der Waals surface area contributed by atoms with Gasteiger partial charge < -0.3 is 5.32 Å². The first kappa shape index (κ1) is 15.2. The minimum Gasteiger partial charge on any atom is -0.387 e. The van der Waals surface area contributed by atoms with Crippen LogP contribution in [0.5, 0.6) is 0 Å². The summed E-state index contributed by atoms with van der Waals surface area (Å²) in [5, 5.41) is 12.2. The van der Waals surface area contributed by atoms with Gasteiger partial charge in [-0.2, -0.15) is 5.26 Å². The van der Waals surface area contributed by atoms with E-state index in [0.717, 1.165) is 0 Å². The van der Waals surface area contributed by atoms with Crippen molar-refractivity contribution in [3.8, 4) is 6.07 Å². The number of nitrogens with zero attached hydrogens (tertiary/aromatic N) is 1. The van der Waals surface area contributed by atoms with Gasteiger partial charge in [-0.3, -0.25) is 4.72 Å². The van der Waals surface area contributed by atoms with Crippen LogP contribution in [0.2, 0.25) is 5.02 Å². The number of nitrogens with one attached hydrogen (secondary N) is 2. The molecule has 0 saturated carbocycles. The molecule has 7 heteroatoms. The van der Waals surface area contributed by atoms with Gasteiger partial charge in [-0.15, -0.1) is 0 Å². The zero-order valence-corrected chi connectivity index (χ0v) is 12.7. The Balaban J connectivity index is 2.48. The highest BCUT2D eigenvalue weighted by molar-refractivity contribution is 7.92. The molecule has 21 heavy (non-hydrogen) atoms. The number of sulfonamides is 1. The van der Waals surface area contributed by atoms with E-state index in [1.165, 1.54) is 24.3 Å². The van der Waals surface area contributed by atoms with Gasteiger partial charge in [0.05, 0.1) is 16.9 Å². The highest BCUT2D eigenvalue weighted by Crippen LogP contribution is 2.26. The van der Waals surface area contributed by atoms with Gasteiger partial charge in [-0.1, -0.05) is 23.7 Å². The smallest absolute Gasteiger partial charge is 0.263 e. The topological polar surface area (TPSA) is 82.0 Å². The fourth-order valence-electron chi connectivity index (χ4n) is 1.81. The van der Waals surface area contributed by atoms with E-state index in [2.05, 4.69) is 10.0 Å². The first-order valence-electron chi connectivity index (χ1n) is 5.97. The van der Waals surface area contributed by atoms with Gasteiger partial charge in [0, 0.05) is 12.1 Å². The Morgan fingerprint density at radius 3 is 2.52 bits per heavy atom. The third-order valence-corrected chi connectivity index (χ3v) is 4.45. The minimum absolute atomic E-state index is 0.0939. The second kappa shape index (κ2) is 6.04. The maximum absolute atomic E-state index is 12.5. The SMILES string of the molecule is CNc1ccccc1S(=O)(=O)Nc1cc(Cl)ccc1C#N. The summed E-state index contributed by atoms with van der Waals surface area (Å²) >= 11 is 5.85. The van der Waals surface area contributed by atoms with E-state index in [1.54, 1.807) is 25.2 Å². The van der Waals surface area contributed by atoms with E-state index >= 15 is 0 Å². The van der Waals surface area contributed by atoms with Crippen LogP contribution in [-0.2, 0) is 10.0 Å². The van der Waals surface area contributed by atoms with Crippen molar-refractivity contribution in [3.05, 3.63) is 53.1 Å². The molecule has 2 aromatic rings. The molecule has 0 aliphatic heterocycles. The van der Waals surface area contributed by atoms with Crippen LogP contribution < -0.4 is 10.0 Å². The summed E-state index contributed by atoms with van der Waals surface area (Å²) in [5.74, 6) is 0. The standard InChI is InChI=1S/C14H12ClN3O2S/c1-17-12-4-2-3-5-14(12)21(19,20)18-13-8-11(15)7-6-10(13)9-16/h2-8,17-18H,1H3. The van der Waals surface area contributed by atoms with Crippen LogP contribution in [-0.4, -0.2) is 15.5 Å². The van der Waals surface area contributed by atoms with Gasteiger partial charge in [-0.25, -0.2) is 8.42 Å². The Morgan fingerprint density at radius 2 is 1.86 bits per heavy atom. The van der Waals surface area contributed by atoms with Crippen molar-refractivity contribution in [2.45, 2.75) is 4.90 Å². The fraction of sp³-hybridized carbons (Fsp3) is 0.0714. The molecule has 0 spiro atoms. The summed E-state index contributed by atoms with van der Waals surface area (Å²) in [5.41, 5.74) is 0.811. The first-order chi connectivity index (χ1) is 9.97. The van der Waals surface area contributed by atoms with Gasteiger partial charge in [0.25, 0.3) is 10.0 Å². The number of halogens is 1. The van der Waals surface area contributed by atoms with Crippen molar-refractivity contribution in [3.63, 3.8) is 0 Å². The predicted molar refractivity (Wildman–Crippen MR) is 83.0 cm³/mol. The van der Waals surface area contributed by atoms with E-state index in [-0.39, 0.29) is 16.1 Å². The predicted octanol–water partition coefficient (Wildman–Crippen LogP) is 3.05. The largest absolute Gasteiger partial charge is 0.387 e. The molecule has 0 saturated heterocycles. The monoisotopic (exact) mass is 321 g/mol. The Kier molecular flexibility index (Phi) is 4.36. The van der Waals surface area contributed by atoms with Crippen LogP contribution in [0.1, 0.15) is 5.56 Å². The number of hydrogen-bond acceptors (Lipinski definition) is 4. The highest BCUT2D eigenvalue weighted by atomic mass is 35.5. The van der Waals surface area contributed by atoms with E-state index < -0.39 is 10.0 Å². The van der Waals surface area contributed by atoms with E-state index in [9.17, 15) is 8.42 Å². The molecule has 108 valence electrons. The maximum Gasteiger partial charge on any atom is 0.263 e. The van der Waals surface area contributed by atoms with Gasteiger partial charge in [0.15, 0.2) is 0 Å². The molecule has 0 fully saturated rings. The number of benzene rings is 2. The molecule has 0 unspecified atom stereocenters. The normalized spacial score (nSPS) is 10.7. The number of anilines is 2. The molecule has 0 bridgehead atoms. The van der Waals surface area contributed by atoms with Crippen molar-refractivity contribution in [2.75, 3.05) is 17.1 Å². The molecule has 0 heterocycles. The van der Waals surface area contributed by atoms with Crippen molar-refractivity contribution >= 4 is 33.0 Å². The minimum atomic E-state index is -3.83. The molecular weight excluding hydrogens is 310 g/mol. The molecule has 2 aromatic carbocycles. The lowest BCUT2D eigenvalue weighted by Crippen LogP contribution is -2.15. The average molecular weight is 322 g/mol. The van der Waals surface area contributed by atoms with E-state index in [4.69, 9.17) is 16.9 Å². The maximum atomic E-state index is 12.5. The summed E-state index contributed by atoms with van der Waals surface area (Å²) in [6.07, 6.45) is 0. The van der Waals surface area contributed by atoms with Crippen molar-refractivity contribution in [1.82, 2.24) is 0 Å². The molecule has 0 amide bonds. The van der Waals surface area contributed by atoms with E-state index in [0.29, 0.717) is 10.7 Å². The summed E-state index contributed by atoms with van der Waals surface area (Å²) in [6, 6.07) is 12.8. The lowest BCUT2D eigenvalue weighted by atomic mass is 10.2. The number of hydrogen-bond donors (Lipinski definition) is 2. The number of para-hydroxylation sites is 1. The highest BCUT2D eigenvalue weighted by Gasteiger charge is 2.19. The molecule has 2 N–H and O–H groups in total. The van der Waals surface area contributed by atoms with Gasteiger partial charge in [-0.05, 0) is 30.3 Å². The Morgan fingerprint density at radius 1 is 1.14 bits per heavy atom. The Labute approximate surface area is 128 Å².